The van der Waals surface area contributed by atoms with E-state index in [1.165, 1.54) is 19.1 Å². The van der Waals surface area contributed by atoms with Gasteiger partial charge in [0.15, 0.2) is 0 Å². The lowest BCUT2D eigenvalue weighted by Crippen LogP contribution is -2.39. The Morgan fingerprint density at radius 1 is 1.22 bits per heavy atom. The van der Waals surface area contributed by atoms with Crippen molar-refractivity contribution in [2.24, 2.45) is 5.92 Å². The molecule has 1 aliphatic heterocycles. The fourth-order valence-electron chi connectivity index (χ4n) is 3.42. The molecule has 1 heterocycles. The molecule has 5 nitrogen and oxygen atoms in total. The van der Waals surface area contributed by atoms with Crippen molar-refractivity contribution in [3.63, 3.8) is 0 Å². The molecule has 1 aliphatic rings. The van der Waals surface area contributed by atoms with Gasteiger partial charge < -0.3 is 4.90 Å². The lowest BCUT2D eigenvalue weighted by Gasteiger charge is -2.31. The number of likely N-dealkylation sites (tertiary alicyclic amines) is 1. The van der Waals surface area contributed by atoms with Gasteiger partial charge in [0.05, 0.1) is 16.1 Å². The first-order valence-corrected chi connectivity index (χ1v) is 10.4. The van der Waals surface area contributed by atoms with Gasteiger partial charge in [0.2, 0.25) is 0 Å². The Hall–Kier alpha value is -2.41. The number of nitrogens with zero attached hydrogens (tertiary/aromatic N) is 1. The number of benzene rings is 2. The van der Waals surface area contributed by atoms with Crippen molar-refractivity contribution in [1.82, 2.24) is 4.90 Å². The van der Waals surface area contributed by atoms with Gasteiger partial charge in [0, 0.05) is 13.1 Å². The SMILES string of the molecule is Cc1cc(F)ccc1S(=O)(=O)Nc1ccccc1C(=O)N1CCC[C@@H](C)C1. The van der Waals surface area contributed by atoms with Crippen molar-refractivity contribution in [2.45, 2.75) is 31.6 Å². The number of piperidine rings is 1. The Morgan fingerprint density at radius 3 is 2.67 bits per heavy atom. The van der Waals surface area contributed by atoms with Crippen molar-refractivity contribution in [3.8, 4) is 0 Å². The van der Waals surface area contributed by atoms with Crippen molar-refractivity contribution < 1.29 is 17.6 Å². The first-order chi connectivity index (χ1) is 12.8. The number of rotatable bonds is 4. The fraction of sp³-hybridized carbons (Fsp3) is 0.350. The normalized spacial score (nSPS) is 17.6. The summed E-state index contributed by atoms with van der Waals surface area (Å²) >= 11 is 0. The average molecular weight is 390 g/mol. The average Bonchev–Trinajstić information content (AvgIpc) is 2.61. The van der Waals surface area contributed by atoms with Crippen LogP contribution in [0.15, 0.2) is 47.4 Å². The summed E-state index contributed by atoms with van der Waals surface area (Å²) in [5.74, 6) is -0.259. The van der Waals surface area contributed by atoms with Crippen LogP contribution in [0.4, 0.5) is 10.1 Å². The molecule has 3 rings (SSSR count). The molecule has 0 saturated carbocycles. The molecular weight excluding hydrogens is 367 g/mol. The minimum Gasteiger partial charge on any atom is -0.338 e. The van der Waals surface area contributed by atoms with Crippen LogP contribution < -0.4 is 4.72 Å². The van der Waals surface area contributed by atoms with E-state index in [0.29, 0.717) is 30.1 Å². The van der Waals surface area contributed by atoms with Crippen LogP contribution in [0.2, 0.25) is 0 Å². The number of anilines is 1. The third kappa shape index (κ3) is 4.30. The van der Waals surface area contributed by atoms with Crippen LogP contribution in [-0.4, -0.2) is 32.3 Å². The summed E-state index contributed by atoms with van der Waals surface area (Å²) < 4.78 is 41.4. The Bertz CT molecular complexity index is 959. The molecule has 144 valence electrons. The number of carbonyl (C=O) groups excluding carboxylic acids is 1. The third-order valence-electron chi connectivity index (χ3n) is 4.77. The highest BCUT2D eigenvalue weighted by Crippen LogP contribution is 2.25. The zero-order valence-corrected chi connectivity index (χ0v) is 16.2. The van der Waals surface area contributed by atoms with E-state index in [9.17, 15) is 17.6 Å². The van der Waals surface area contributed by atoms with Crippen LogP contribution >= 0.6 is 0 Å². The summed E-state index contributed by atoms with van der Waals surface area (Å²) in [5, 5.41) is 0. The molecule has 1 N–H and O–H groups in total. The molecule has 0 unspecified atom stereocenters. The summed E-state index contributed by atoms with van der Waals surface area (Å²) in [7, 11) is -3.95. The first kappa shape index (κ1) is 19.4. The number of hydrogen-bond acceptors (Lipinski definition) is 3. The van der Waals surface area contributed by atoms with Crippen LogP contribution in [0.3, 0.4) is 0 Å². The maximum atomic E-state index is 13.3. The van der Waals surface area contributed by atoms with Crippen LogP contribution in [0.5, 0.6) is 0 Å². The van der Waals surface area contributed by atoms with Gasteiger partial charge in [-0.15, -0.1) is 0 Å². The van der Waals surface area contributed by atoms with Crippen LogP contribution in [-0.2, 0) is 10.0 Å². The predicted octanol–water partition coefficient (Wildman–Crippen LogP) is 3.81. The molecule has 1 fully saturated rings. The second kappa shape index (κ2) is 7.68. The highest BCUT2D eigenvalue weighted by atomic mass is 32.2. The van der Waals surface area contributed by atoms with E-state index >= 15 is 0 Å². The lowest BCUT2D eigenvalue weighted by atomic mass is 9.99. The lowest BCUT2D eigenvalue weighted by molar-refractivity contribution is 0.0684. The van der Waals surface area contributed by atoms with E-state index < -0.39 is 15.8 Å². The van der Waals surface area contributed by atoms with E-state index in [0.717, 1.165) is 18.9 Å². The monoisotopic (exact) mass is 390 g/mol. The minimum atomic E-state index is -3.95. The van der Waals surface area contributed by atoms with E-state index in [2.05, 4.69) is 11.6 Å². The van der Waals surface area contributed by atoms with Gasteiger partial charge in [-0.1, -0.05) is 19.1 Å². The van der Waals surface area contributed by atoms with Gasteiger partial charge in [-0.05, 0) is 61.6 Å². The summed E-state index contributed by atoms with van der Waals surface area (Å²) in [6, 6.07) is 10.1. The Labute approximate surface area is 159 Å². The second-order valence-corrected chi connectivity index (χ2v) is 8.71. The van der Waals surface area contributed by atoms with Crippen LogP contribution in [0, 0.1) is 18.7 Å². The van der Waals surface area contributed by atoms with Gasteiger partial charge in [-0.2, -0.15) is 0 Å². The van der Waals surface area contributed by atoms with E-state index in [4.69, 9.17) is 0 Å². The number of hydrogen-bond donors (Lipinski definition) is 1. The summed E-state index contributed by atoms with van der Waals surface area (Å²) in [4.78, 5) is 14.7. The molecular formula is C20H23FN2O3S. The minimum absolute atomic E-state index is 0.0160. The summed E-state index contributed by atoms with van der Waals surface area (Å²) in [6.45, 7) is 4.97. The number of halogens is 1. The van der Waals surface area contributed by atoms with Gasteiger partial charge in [-0.25, -0.2) is 12.8 Å². The standard InChI is InChI=1S/C20H23FN2O3S/c1-14-6-5-11-23(13-14)20(24)17-7-3-4-8-18(17)22-27(25,26)19-10-9-16(21)12-15(19)2/h3-4,7-10,12,14,22H,5-6,11,13H2,1-2H3/t14-/m1/s1. The number of amides is 1. The second-order valence-electron chi connectivity index (χ2n) is 7.06. The molecule has 2 aromatic rings. The van der Waals surface area contributed by atoms with Crippen molar-refractivity contribution in [1.29, 1.82) is 0 Å². The molecule has 0 bridgehead atoms. The highest BCUT2D eigenvalue weighted by Gasteiger charge is 2.25. The Balaban J connectivity index is 1.91. The van der Waals surface area contributed by atoms with Gasteiger partial charge in [0.1, 0.15) is 5.82 Å². The number of sulfonamides is 1. The first-order valence-electron chi connectivity index (χ1n) is 8.95. The van der Waals surface area contributed by atoms with Crippen LogP contribution in [0.25, 0.3) is 0 Å². The Kier molecular flexibility index (Phi) is 5.51. The molecule has 7 heteroatoms. The zero-order chi connectivity index (χ0) is 19.6. The number of nitrogens with one attached hydrogen (secondary N) is 1. The van der Waals surface area contributed by atoms with Crippen molar-refractivity contribution >= 4 is 21.6 Å². The Morgan fingerprint density at radius 2 is 1.96 bits per heavy atom. The largest absolute Gasteiger partial charge is 0.338 e. The molecule has 0 radical (unpaired) electrons. The maximum absolute atomic E-state index is 13.3. The van der Waals surface area contributed by atoms with Gasteiger partial charge >= 0.3 is 0 Å². The predicted molar refractivity (Wildman–Crippen MR) is 103 cm³/mol. The molecule has 27 heavy (non-hydrogen) atoms. The number of aryl methyl sites for hydroxylation is 1. The zero-order valence-electron chi connectivity index (χ0n) is 15.4. The van der Waals surface area contributed by atoms with Gasteiger partial charge in [0.25, 0.3) is 15.9 Å². The molecule has 0 aromatic heterocycles. The third-order valence-corrected chi connectivity index (χ3v) is 6.30. The molecule has 1 saturated heterocycles. The molecule has 2 aromatic carbocycles. The fourth-order valence-corrected chi connectivity index (χ4v) is 4.72. The van der Waals surface area contributed by atoms with Crippen molar-refractivity contribution in [3.05, 3.63) is 59.4 Å². The molecule has 0 aliphatic carbocycles. The molecule has 1 atom stereocenters. The van der Waals surface area contributed by atoms with E-state index in [-0.39, 0.29) is 16.5 Å². The quantitative estimate of drug-likeness (QED) is 0.863. The van der Waals surface area contributed by atoms with Crippen molar-refractivity contribution in [2.75, 3.05) is 17.8 Å². The maximum Gasteiger partial charge on any atom is 0.262 e. The summed E-state index contributed by atoms with van der Waals surface area (Å²) in [6.07, 6.45) is 2.03. The highest BCUT2D eigenvalue weighted by molar-refractivity contribution is 7.92. The van der Waals surface area contributed by atoms with Gasteiger partial charge in [-0.3, -0.25) is 9.52 Å². The van der Waals surface area contributed by atoms with Crippen LogP contribution in [0.1, 0.15) is 35.7 Å². The number of carbonyl (C=O) groups is 1. The molecule has 1 amide bonds. The number of para-hydroxylation sites is 1. The summed E-state index contributed by atoms with van der Waals surface area (Å²) in [5.41, 5.74) is 0.843. The smallest absolute Gasteiger partial charge is 0.262 e. The van der Waals surface area contributed by atoms with E-state index in [1.54, 1.807) is 29.2 Å². The molecule has 0 spiro atoms. The van der Waals surface area contributed by atoms with E-state index in [1.807, 2.05) is 0 Å². The topological polar surface area (TPSA) is 66.5 Å².